The zero-order valence-electron chi connectivity index (χ0n) is 16.0. The maximum Gasteiger partial charge on any atom is 0.246 e. The number of amides is 1. The second-order valence-corrected chi connectivity index (χ2v) is 6.16. The third kappa shape index (κ3) is 6.49. The molecule has 0 aliphatic rings. The van der Waals surface area contributed by atoms with E-state index in [0.29, 0.717) is 23.9 Å². The molecule has 0 radical (unpaired) electrons. The van der Waals surface area contributed by atoms with Crippen LogP contribution in [0.5, 0.6) is 11.5 Å². The number of carbonyl (C=O) groups excluding carboxylic acids is 1. The van der Waals surface area contributed by atoms with E-state index >= 15 is 0 Å². The molecule has 2 N–H and O–H groups in total. The average Bonchev–Trinajstić information content (AvgIpc) is 2.61. The molecule has 146 valence electrons. The Labute approximate surface area is 166 Å². The number of methoxy groups -OCH3 is 1. The summed E-state index contributed by atoms with van der Waals surface area (Å²) in [7, 11) is 3.34. The lowest BCUT2D eigenvalue weighted by Crippen LogP contribution is -2.24. The van der Waals surface area contributed by atoms with Crippen molar-refractivity contribution in [2.45, 2.75) is 26.5 Å². The number of ether oxygens (including phenoxy) is 2. The number of rotatable bonds is 7. The van der Waals surface area contributed by atoms with Gasteiger partial charge in [-0.3, -0.25) is 4.79 Å². The van der Waals surface area contributed by atoms with Gasteiger partial charge < -0.3 is 20.1 Å². The van der Waals surface area contributed by atoms with Crippen LogP contribution in [0, 0.1) is 0 Å². The van der Waals surface area contributed by atoms with Gasteiger partial charge in [0.1, 0.15) is 5.82 Å². The van der Waals surface area contributed by atoms with Crippen molar-refractivity contribution < 1.29 is 14.3 Å². The summed E-state index contributed by atoms with van der Waals surface area (Å²) in [5.41, 5.74) is 7.25. The van der Waals surface area contributed by atoms with E-state index < -0.39 is 0 Å². The molecular formula is C20H26ClN3O3. The Hall–Kier alpha value is -2.73. The van der Waals surface area contributed by atoms with Crippen molar-refractivity contribution in [3.8, 4) is 11.5 Å². The minimum atomic E-state index is -0.125. The molecule has 1 heterocycles. The highest BCUT2D eigenvalue weighted by Gasteiger charge is 2.15. The van der Waals surface area contributed by atoms with Gasteiger partial charge in [-0.25, -0.2) is 4.98 Å². The highest BCUT2D eigenvalue weighted by Crippen LogP contribution is 2.32. The van der Waals surface area contributed by atoms with Crippen LogP contribution in [0.1, 0.15) is 25.0 Å². The Morgan fingerprint density at radius 2 is 2.04 bits per heavy atom. The molecule has 2 aromatic rings. The predicted molar refractivity (Wildman–Crippen MR) is 110 cm³/mol. The maximum atomic E-state index is 12.4. The summed E-state index contributed by atoms with van der Waals surface area (Å²) in [6, 6.07) is 9.16. The normalized spacial score (nSPS) is 10.6. The van der Waals surface area contributed by atoms with Crippen LogP contribution in [-0.2, 0) is 11.3 Å². The summed E-state index contributed by atoms with van der Waals surface area (Å²) >= 11 is 0. The van der Waals surface area contributed by atoms with Crippen LogP contribution >= 0.6 is 12.4 Å². The summed E-state index contributed by atoms with van der Waals surface area (Å²) in [5.74, 6) is 1.64. The first kappa shape index (κ1) is 22.3. The minimum absolute atomic E-state index is 0. The molecule has 0 unspecified atom stereocenters. The van der Waals surface area contributed by atoms with E-state index in [9.17, 15) is 4.79 Å². The number of likely N-dealkylation sites (N-methyl/N-ethyl adjacent to an activating group) is 1. The standard InChI is InChI=1S/C20H25N3O3.ClH/c1-14(2)26-20-16(6-5-7-17(20)25-4)13-23(3)19(24)11-9-15-8-10-18(21)22-12-15;/h5-12,14H,13H2,1-4H3,(H2,21,22);1H/b11-9+;. The number of nitrogens with zero attached hydrogens (tertiary/aromatic N) is 2. The van der Waals surface area contributed by atoms with Crippen LogP contribution in [0.25, 0.3) is 6.08 Å². The van der Waals surface area contributed by atoms with Crippen LogP contribution in [0.2, 0.25) is 0 Å². The molecule has 0 spiro atoms. The Morgan fingerprint density at radius 1 is 1.30 bits per heavy atom. The Kier molecular flexibility index (Phi) is 8.62. The Bertz CT molecular complexity index is 777. The molecule has 7 heteroatoms. The van der Waals surface area contributed by atoms with Gasteiger partial charge in [0.15, 0.2) is 11.5 Å². The van der Waals surface area contributed by atoms with Crippen LogP contribution in [-0.4, -0.2) is 36.1 Å². The summed E-state index contributed by atoms with van der Waals surface area (Å²) in [4.78, 5) is 18.0. The number of anilines is 1. The fourth-order valence-electron chi connectivity index (χ4n) is 2.36. The van der Waals surface area contributed by atoms with Crippen LogP contribution < -0.4 is 15.2 Å². The first-order valence-electron chi connectivity index (χ1n) is 8.38. The summed E-state index contributed by atoms with van der Waals surface area (Å²) < 4.78 is 11.3. The monoisotopic (exact) mass is 391 g/mol. The number of para-hydroxylation sites is 1. The molecule has 0 aliphatic heterocycles. The van der Waals surface area contributed by atoms with Gasteiger partial charge in [0.25, 0.3) is 0 Å². The lowest BCUT2D eigenvalue weighted by atomic mass is 10.1. The number of hydrogen-bond donors (Lipinski definition) is 1. The summed E-state index contributed by atoms with van der Waals surface area (Å²) in [6.45, 7) is 4.31. The minimum Gasteiger partial charge on any atom is -0.493 e. The van der Waals surface area contributed by atoms with Crippen molar-refractivity contribution in [2.24, 2.45) is 0 Å². The van der Waals surface area contributed by atoms with E-state index in [1.165, 1.54) is 6.08 Å². The SMILES string of the molecule is COc1cccc(CN(C)C(=O)/C=C/c2ccc(N)nc2)c1OC(C)C.Cl. The predicted octanol–water partition coefficient (Wildman–Crippen LogP) is 3.55. The molecule has 27 heavy (non-hydrogen) atoms. The molecule has 0 saturated heterocycles. The Morgan fingerprint density at radius 3 is 2.63 bits per heavy atom. The average molecular weight is 392 g/mol. The zero-order valence-corrected chi connectivity index (χ0v) is 16.8. The topological polar surface area (TPSA) is 77.7 Å². The fourth-order valence-corrected chi connectivity index (χ4v) is 2.36. The summed E-state index contributed by atoms with van der Waals surface area (Å²) in [5, 5.41) is 0. The van der Waals surface area contributed by atoms with Crippen LogP contribution in [0.4, 0.5) is 5.82 Å². The second-order valence-electron chi connectivity index (χ2n) is 6.16. The second kappa shape index (κ2) is 10.4. The van der Waals surface area contributed by atoms with Gasteiger partial charge in [0.05, 0.1) is 13.2 Å². The van der Waals surface area contributed by atoms with Crippen molar-refractivity contribution in [2.75, 3.05) is 19.9 Å². The quantitative estimate of drug-likeness (QED) is 0.730. The smallest absolute Gasteiger partial charge is 0.246 e. The van der Waals surface area contributed by atoms with E-state index in [1.54, 1.807) is 37.4 Å². The lowest BCUT2D eigenvalue weighted by Gasteiger charge is -2.21. The molecule has 6 nitrogen and oxygen atoms in total. The van der Waals surface area contributed by atoms with Crippen molar-refractivity contribution in [3.05, 3.63) is 53.7 Å². The van der Waals surface area contributed by atoms with Gasteiger partial charge >= 0.3 is 0 Å². The van der Waals surface area contributed by atoms with E-state index in [4.69, 9.17) is 15.2 Å². The molecule has 0 aliphatic carbocycles. The molecule has 0 saturated carbocycles. The number of pyridine rings is 1. The molecular weight excluding hydrogens is 366 g/mol. The first-order valence-corrected chi connectivity index (χ1v) is 8.38. The van der Waals surface area contributed by atoms with E-state index in [2.05, 4.69) is 4.98 Å². The van der Waals surface area contributed by atoms with Gasteiger partial charge in [0.2, 0.25) is 5.91 Å². The van der Waals surface area contributed by atoms with E-state index in [1.807, 2.05) is 38.1 Å². The number of nitrogens with two attached hydrogens (primary N) is 1. The van der Waals surface area contributed by atoms with Crippen molar-refractivity contribution in [1.82, 2.24) is 9.88 Å². The number of aromatic nitrogens is 1. The number of carbonyl (C=O) groups is 1. The number of benzene rings is 1. The third-order valence-corrected chi connectivity index (χ3v) is 3.65. The molecule has 1 aromatic heterocycles. The van der Waals surface area contributed by atoms with E-state index in [-0.39, 0.29) is 24.4 Å². The lowest BCUT2D eigenvalue weighted by molar-refractivity contribution is -0.125. The van der Waals surface area contributed by atoms with Gasteiger partial charge in [-0.2, -0.15) is 0 Å². The maximum absolute atomic E-state index is 12.4. The van der Waals surface area contributed by atoms with Crippen LogP contribution in [0.3, 0.4) is 0 Å². The third-order valence-electron chi connectivity index (χ3n) is 3.65. The highest BCUT2D eigenvalue weighted by molar-refractivity contribution is 5.91. The van der Waals surface area contributed by atoms with Gasteiger partial charge in [-0.05, 0) is 43.7 Å². The fraction of sp³-hybridized carbons (Fsp3) is 0.300. The summed E-state index contributed by atoms with van der Waals surface area (Å²) in [6.07, 6.45) is 4.85. The molecule has 0 atom stereocenters. The Balaban J connectivity index is 0.00000364. The highest BCUT2D eigenvalue weighted by atomic mass is 35.5. The number of nitrogen functional groups attached to an aromatic ring is 1. The van der Waals surface area contributed by atoms with Gasteiger partial charge in [-0.1, -0.05) is 12.1 Å². The molecule has 1 amide bonds. The molecule has 2 rings (SSSR count). The van der Waals surface area contributed by atoms with Crippen molar-refractivity contribution in [1.29, 1.82) is 0 Å². The number of halogens is 1. The van der Waals surface area contributed by atoms with Gasteiger partial charge in [-0.15, -0.1) is 12.4 Å². The van der Waals surface area contributed by atoms with E-state index in [0.717, 1.165) is 11.1 Å². The number of hydrogen-bond acceptors (Lipinski definition) is 5. The first-order chi connectivity index (χ1) is 12.4. The van der Waals surface area contributed by atoms with Crippen molar-refractivity contribution >= 4 is 30.2 Å². The van der Waals surface area contributed by atoms with Crippen LogP contribution in [0.15, 0.2) is 42.6 Å². The van der Waals surface area contributed by atoms with Crippen molar-refractivity contribution in [3.63, 3.8) is 0 Å². The molecule has 0 bridgehead atoms. The zero-order chi connectivity index (χ0) is 19.1. The van der Waals surface area contributed by atoms with Gasteiger partial charge in [0, 0.05) is 31.4 Å². The molecule has 0 fully saturated rings. The largest absolute Gasteiger partial charge is 0.493 e. The molecule has 1 aromatic carbocycles.